The smallest absolute Gasteiger partial charge is 0.409 e. The van der Waals surface area contributed by atoms with Crippen LogP contribution in [0.5, 0.6) is 5.75 Å². The predicted octanol–water partition coefficient (Wildman–Crippen LogP) is 3.85. The highest BCUT2D eigenvalue weighted by Gasteiger charge is 2.09. The first-order valence-electron chi connectivity index (χ1n) is 6.89. The number of anilines is 1. The molecule has 1 aromatic heterocycles. The van der Waals surface area contributed by atoms with Crippen molar-refractivity contribution in [2.75, 3.05) is 5.32 Å². The standard InChI is InChI=1S/C17H16N2O3/c1-19-10-15(18-17(20)21)14-8-7-13(9-16(14)19)22-11-12-5-3-2-4-6-12/h2-10,18H,11H2,1H3,(H,20,21). The molecule has 0 atom stereocenters. The number of hydrogen-bond donors (Lipinski definition) is 2. The fraction of sp³-hybridized carbons (Fsp3) is 0.118. The van der Waals surface area contributed by atoms with E-state index in [0.717, 1.165) is 22.2 Å². The molecule has 5 nitrogen and oxygen atoms in total. The summed E-state index contributed by atoms with van der Waals surface area (Å²) in [4.78, 5) is 10.8. The van der Waals surface area contributed by atoms with Crippen molar-refractivity contribution in [2.45, 2.75) is 6.61 Å². The fourth-order valence-electron chi connectivity index (χ4n) is 2.41. The maximum Gasteiger partial charge on any atom is 0.409 e. The van der Waals surface area contributed by atoms with Crippen LogP contribution in [-0.2, 0) is 13.7 Å². The second-order valence-corrected chi connectivity index (χ2v) is 5.04. The second-order valence-electron chi connectivity index (χ2n) is 5.04. The molecule has 0 spiro atoms. The number of aryl methyl sites for hydroxylation is 1. The molecule has 0 fully saturated rings. The van der Waals surface area contributed by atoms with Gasteiger partial charge in [-0.2, -0.15) is 0 Å². The van der Waals surface area contributed by atoms with Gasteiger partial charge in [-0.3, -0.25) is 5.32 Å². The molecule has 0 radical (unpaired) electrons. The number of carbonyl (C=O) groups is 1. The maximum absolute atomic E-state index is 10.8. The van der Waals surface area contributed by atoms with Gasteiger partial charge in [-0.15, -0.1) is 0 Å². The van der Waals surface area contributed by atoms with E-state index in [2.05, 4.69) is 5.32 Å². The normalized spacial score (nSPS) is 10.6. The minimum Gasteiger partial charge on any atom is -0.489 e. The third-order valence-electron chi connectivity index (χ3n) is 3.45. The second kappa shape index (κ2) is 5.81. The average Bonchev–Trinajstić information content (AvgIpc) is 2.81. The van der Waals surface area contributed by atoms with Crippen LogP contribution < -0.4 is 10.1 Å². The van der Waals surface area contributed by atoms with E-state index in [-0.39, 0.29) is 0 Å². The number of hydrogen-bond acceptors (Lipinski definition) is 2. The van der Waals surface area contributed by atoms with E-state index in [1.54, 1.807) is 6.20 Å². The van der Waals surface area contributed by atoms with E-state index in [9.17, 15) is 4.79 Å². The van der Waals surface area contributed by atoms with E-state index in [1.165, 1.54) is 0 Å². The van der Waals surface area contributed by atoms with Crippen LogP contribution in [0.4, 0.5) is 10.5 Å². The quantitative estimate of drug-likeness (QED) is 0.768. The molecule has 2 aromatic carbocycles. The van der Waals surface area contributed by atoms with Gasteiger partial charge >= 0.3 is 6.09 Å². The molecule has 0 saturated heterocycles. The van der Waals surface area contributed by atoms with Gasteiger partial charge in [0, 0.05) is 24.7 Å². The summed E-state index contributed by atoms with van der Waals surface area (Å²) in [5.41, 5.74) is 2.58. The molecular formula is C17H16N2O3. The maximum atomic E-state index is 10.8. The molecule has 2 N–H and O–H groups in total. The lowest BCUT2D eigenvalue weighted by Gasteiger charge is -2.07. The van der Waals surface area contributed by atoms with Crippen LogP contribution in [-0.4, -0.2) is 15.8 Å². The topological polar surface area (TPSA) is 63.5 Å². The Hall–Kier alpha value is -2.95. The molecule has 0 aliphatic carbocycles. The molecule has 0 aliphatic heterocycles. The van der Waals surface area contributed by atoms with E-state index in [1.807, 2.05) is 60.1 Å². The lowest BCUT2D eigenvalue weighted by molar-refractivity contribution is 0.210. The summed E-state index contributed by atoms with van der Waals surface area (Å²) >= 11 is 0. The molecular weight excluding hydrogens is 280 g/mol. The molecule has 112 valence electrons. The third-order valence-corrected chi connectivity index (χ3v) is 3.45. The Kier molecular flexibility index (Phi) is 3.70. The van der Waals surface area contributed by atoms with Gasteiger partial charge in [0.15, 0.2) is 0 Å². The molecule has 0 aliphatic rings. The number of ether oxygens (including phenoxy) is 1. The van der Waals surface area contributed by atoms with Gasteiger partial charge in [-0.05, 0) is 17.7 Å². The molecule has 0 bridgehead atoms. The van der Waals surface area contributed by atoms with Crippen molar-refractivity contribution in [2.24, 2.45) is 7.05 Å². The predicted molar refractivity (Wildman–Crippen MR) is 85.3 cm³/mol. The van der Waals surface area contributed by atoms with Gasteiger partial charge in [-0.25, -0.2) is 4.79 Å². The van der Waals surface area contributed by atoms with Crippen molar-refractivity contribution in [3.63, 3.8) is 0 Å². The Labute approximate surface area is 127 Å². The molecule has 0 unspecified atom stereocenters. The van der Waals surface area contributed by atoms with E-state index < -0.39 is 6.09 Å². The van der Waals surface area contributed by atoms with Crippen molar-refractivity contribution in [1.29, 1.82) is 0 Å². The van der Waals surface area contributed by atoms with Crippen LogP contribution in [0, 0.1) is 0 Å². The number of nitrogens with one attached hydrogen (secondary N) is 1. The molecule has 3 aromatic rings. The number of nitrogens with zero attached hydrogens (tertiary/aromatic N) is 1. The Morgan fingerprint density at radius 1 is 1.23 bits per heavy atom. The van der Waals surface area contributed by atoms with Crippen molar-refractivity contribution in [3.8, 4) is 5.75 Å². The number of amides is 1. The highest BCUT2D eigenvalue weighted by molar-refractivity contribution is 5.99. The van der Waals surface area contributed by atoms with Crippen LogP contribution in [0.25, 0.3) is 10.9 Å². The van der Waals surface area contributed by atoms with Gasteiger partial charge in [0.1, 0.15) is 12.4 Å². The van der Waals surface area contributed by atoms with Crippen molar-refractivity contribution < 1.29 is 14.6 Å². The SMILES string of the molecule is Cn1cc(NC(=O)O)c2ccc(OCc3ccccc3)cc21. The van der Waals surface area contributed by atoms with Crippen LogP contribution in [0.15, 0.2) is 54.7 Å². The third kappa shape index (κ3) is 2.88. The summed E-state index contributed by atoms with van der Waals surface area (Å²) in [7, 11) is 1.87. The first-order chi connectivity index (χ1) is 10.6. The van der Waals surface area contributed by atoms with Crippen molar-refractivity contribution in [3.05, 3.63) is 60.3 Å². The summed E-state index contributed by atoms with van der Waals surface area (Å²) in [6.07, 6.45) is 0.677. The molecule has 0 saturated carbocycles. The highest BCUT2D eigenvalue weighted by atomic mass is 16.5. The molecule has 5 heteroatoms. The highest BCUT2D eigenvalue weighted by Crippen LogP contribution is 2.29. The van der Waals surface area contributed by atoms with Crippen molar-refractivity contribution in [1.82, 2.24) is 4.57 Å². The largest absolute Gasteiger partial charge is 0.489 e. The van der Waals surface area contributed by atoms with E-state index >= 15 is 0 Å². The lowest BCUT2D eigenvalue weighted by atomic mass is 10.2. The minimum absolute atomic E-state index is 0.497. The number of rotatable bonds is 4. The summed E-state index contributed by atoms with van der Waals surface area (Å²) in [5, 5.41) is 12.1. The van der Waals surface area contributed by atoms with Crippen LogP contribution in [0.2, 0.25) is 0 Å². The van der Waals surface area contributed by atoms with E-state index in [4.69, 9.17) is 9.84 Å². The molecule has 1 amide bonds. The molecule has 3 rings (SSSR count). The minimum atomic E-state index is -1.07. The average molecular weight is 296 g/mol. The first kappa shape index (κ1) is 14.0. The Morgan fingerprint density at radius 3 is 2.73 bits per heavy atom. The number of benzene rings is 2. The lowest BCUT2D eigenvalue weighted by Crippen LogP contribution is -2.06. The number of aromatic nitrogens is 1. The van der Waals surface area contributed by atoms with Gasteiger partial charge in [0.05, 0.1) is 11.2 Å². The molecule has 1 heterocycles. The zero-order chi connectivity index (χ0) is 15.5. The summed E-state index contributed by atoms with van der Waals surface area (Å²) in [6.45, 7) is 0.497. The van der Waals surface area contributed by atoms with Gasteiger partial charge in [-0.1, -0.05) is 30.3 Å². The van der Waals surface area contributed by atoms with Crippen LogP contribution in [0.1, 0.15) is 5.56 Å². The Bertz CT molecular complexity index is 809. The fourth-order valence-corrected chi connectivity index (χ4v) is 2.41. The first-order valence-corrected chi connectivity index (χ1v) is 6.89. The summed E-state index contributed by atoms with van der Waals surface area (Å²) < 4.78 is 7.67. The van der Waals surface area contributed by atoms with Crippen LogP contribution >= 0.6 is 0 Å². The van der Waals surface area contributed by atoms with Gasteiger partial charge in [0.25, 0.3) is 0 Å². The van der Waals surface area contributed by atoms with Gasteiger partial charge < -0.3 is 14.4 Å². The Balaban J connectivity index is 1.84. The zero-order valence-electron chi connectivity index (χ0n) is 12.1. The summed E-state index contributed by atoms with van der Waals surface area (Å²) in [6, 6.07) is 15.6. The Morgan fingerprint density at radius 2 is 2.00 bits per heavy atom. The van der Waals surface area contributed by atoms with Crippen molar-refractivity contribution >= 4 is 22.7 Å². The van der Waals surface area contributed by atoms with Gasteiger partial charge in [0.2, 0.25) is 0 Å². The number of fused-ring (bicyclic) bond motifs is 1. The monoisotopic (exact) mass is 296 g/mol. The summed E-state index contributed by atoms with van der Waals surface area (Å²) in [5.74, 6) is 0.749. The molecule has 22 heavy (non-hydrogen) atoms. The number of carboxylic acid groups (broad SMARTS) is 1. The zero-order valence-corrected chi connectivity index (χ0v) is 12.1. The van der Waals surface area contributed by atoms with E-state index in [0.29, 0.717) is 12.3 Å². The van der Waals surface area contributed by atoms with Crippen LogP contribution in [0.3, 0.4) is 0 Å².